The molecule has 0 aromatic heterocycles. The maximum atomic E-state index is 10.2. The van der Waals surface area contributed by atoms with Crippen molar-refractivity contribution in [3.05, 3.63) is 30.3 Å². The van der Waals surface area contributed by atoms with Crippen LogP contribution < -0.4 is 34.7 Å². The average Bonchev–Trinajstić information content (AvgIpc) is 1.69. The minimum absolute atomic E-state index is 0. The van der Waals surface area contributed by atoms with Crippen LogP contribution in [-0.2, 0) is 0 Å². The Hall–Kier alpha value is 0.0200. The molecule has 0 aliphatic heterocycles. The molecule has 1 aromatic rings. The van der Waals surface area contributed by atoms with Gasteiger partial charge in [0.15, 0.2) is 0 Å². The number of hydrogen-bond acceptors (Lipinski definition) is 1. The smallest absolute Gasteiger partial charge is 0.872 e. The van der Waals surface area contributed by atoms with Crippen molar-refractivity contribution in [1.82, 2.24) is 0 Å². The molecule has 0 N–H and O–H groups in total. The summed E-state index contributed by atoms with van der Waals surface area (Å²) in [6.07, 6.45) is 0. The van der Waals surface area contributed by atoms with Gasteiger partial charge in [0.2, 0.25) is 0 Å². The van der Waals surface area contributed by atoms with E-state index in [0.717, 1.165) is 0 Å². The van der Waals surface area contributed by atoms with E-state index in [1.165, 1.54) is 6.07 Å². The average molecular weight is 115 g/mol. The first-order valence-electron chi connectivity index (χ1n) is 2.03. The maximum absolute atomic E-state index is 10.2. The monoisotopic (exact) mass is 115 g/mol. The molecule has 0 aliphatic rings. The Morgan fingerprint density at radius 3 is 2.38 bits per heavy atom. The van der Waals surface area contributed by atoms with E-state index in [-0.39, 0.29) is 35.3 Å². The number of benzene rings is 1. The molecule has 0 fully saturated rings. The molecule has 0 bridgehead atoms. The number of para-hydroxylation sites is 1. The molecule has 1 radical (unpaired) electrons. The van der Waals surface area contributed by atoms with Gasteiger partial charge >= 0.3 is 29.6 Å². The normalized spacial score (nSPS) is 7.50. The summed E-state index contributed by atoms with van der Waals surface area (Å²) >= 11 is 0. The summed E-state index contributed by atoms with van der Waals surface area (Å²) in [5.41, 5.74) is 0. The third kappa shape index (κ3) is 2.36. The maximum Gasteiger partial charge on any atom is 1.00 e. The van der Waals surface area contributed by atoms with Gasteiger partial charge in [-0.05, 0) is 6.07 Å². The zero-order chi connectivity index (χ0) is 5.11. The van der Waals surface area contributed by atoms with Crippen molar-refractivity contribution in [3.8, 4) is 5.75 Å². The van der Waals surface area contributed by atoms with Crippen molar-refractivity contribution in [2.75, 3.05) is 0 Å². The third-order valence-corrected chi connectivity index (χ3v) is 0.681. The molecule has 0 aliphatic carbocycles. The molecule has 2 heteroatoms. The quantitative estimate of drug-likeness (QED) is 0.345. The van der Waals surface area contributed by atoms with Gasteiger partial charge in [-0.2, -0.15) is 0 Å². The standard InChI is InChI=1S/C6H5O.Na/c7-6-4-2-1-3-5-6;/h1-4,7H;/q;+1/p-1. The molecular formula is C6H4NaO. The van der Waals surface area contributed by atoms with Crippen LogP contribution in [0.4, 0.5) is 0 Å². The molecule has 1 aromatic carbocycles. The summed E-state index contributed by atoms with van der Waals surface area (Å²) in [5.74, 6) is -0.0532. The van der Waals surface area contributed by atoms with Gasteiger partial charge in [-0.15, -0.1) is 5.75 Å². The van der Waals surface area contributed by atoms with Gasteiger partial charge in [0.05, 0.1) is 0 Å². The molecule has 0 spiro atoms. The molecule has 0 unspecified atom stereocenters. The molecule has 0 saturated heterocycles. The predicted octanol–water partition coefficient (Wildman–Crippen LogP) is -2.44. The van der Waals surface area contributed by atoms with Crippen molar-refractivity contribution < 1.29 is 34.7 Å². The molecular weight excluding hydrogens is 111 g/mol. The van der Waals surface area contributed by atoms with Crippen LogP contribution in [0, 0.1) is 6.07 Å². The zero-order valence-electron chi connectivity index (χ0n) is 4.72. The van der Waals surface area contributed by atoms with Gasteiger partial charge in [0.25, 0.3) is 0 Å². The van der Waals surface area contributed by atoms with E-state index in [1.807, 2.05) is 0 Å². The molecule has 0 heterocycles. The Labute approximate surface area is 70.6 Å². The van der Waals surface area contributed by atoms with Gasteiger partial charge in [-0.3, -0.25) is 0 Å². The van der Waals surface area contributed by atoms with Gasteiger partial charge in [0.1, 0.15) is 0 Å². The van der Waals surface area contributed by atoms with Gasteiger partial charge in [-0.1, -0.05) is 24.3 Å². The predicted molar refractivity (Wildman–Crippen MR) is 24.7 cm³/mol. The molecule has 8 heavy (non-hydrogen) atoms. The topological polar surface area (TPSA) is 23.1 Å². The first kappa shape index (κ1) is 8.02. The van der Waals surface area contributed by atoms with Crippen LogP contribution >= 0.6 is 0 Å². The van der Waals surface area contributed by atoms with Crippen molar-refractivity contribution in [2.24, 2.45) is 0 Å². The van der Waals surface area contributed by atoms with Crippen LogP contribution in [0.25, 0.3) is 0 Å². The van der Waals surface area contributed by atoms with Crippen LogP contribution in [0.3, 0.4) is 0 Å². The summed E-state index contributed by atoms with van der Waals surface area (Å²) < 4.78 is 0. The van der Waals surface area contributed by atoms with Crippen LogP contribution in [0.1, 0.15) is 0 Å². The van der Waals surface area contributed by atoms with Gasteiger partial charge in [0, 0.05) is 0 Å². The molecule has 1 nitrogen and oxygen atoms in total. The van der Waals surface area contributed by atoms with Gasteiger partial charge in [-0.25, -0.2) is 0 Å². The van der Waals surface area contributed by atoms with Crippen LogP contribution in [-0.4, -0.2) is 0 Å². The summed E-state index contributed by atoms with van der Waals surface area (Å²) in [4.78, 5) is 0. The molecule has 35 valence electrons. The van der Waals surface area contributed by atoms with Crippen LogP contribution in [0.2, 0.25) is 0 Å². The fraction of sp³-hybridized carbons (Fsp3) is 0. The third-order valence-electron chi connectivity index (χ3n) is 0.681. The van der Waals surface area contributed by atoms with E-state index in [4.69, 9.17) is 0 Å². The SMILES string of the molecule is [Na+].[O-]c1[c]cccc1. The minimum atomic E-state index is -0.0532. The number of hydrogen-bond donors (Lipinski definition) is 0. The fourth-order valence-corrected chi connectivity index (χ4v) is 0.377. The Morgan fingerprint density at radius 1 is 1.38 bits per heavy atom. The largest absolute Gasteiger partial charge is 1.00 e. The fourth-order valence-electron chi connectivity index (χ4n) is 0.377. The van der Waals surface area contributed by atoms with Crippen molar-refractivity contribution in [1.29, 1.82) is 0 Å². The number of rotatable bonds is 0. The van der Waals surface area contributed by atoms with Crippen molar-refractivity contribution >= 4 is 0 Å². The van der Waals surface area contributed by atoms with Crippen LogP contribution in [0.5, 0.6) is 5.75 Å². The minimum Gasteiger partial charge on any atom is -0.872 e. The second kappa shape index (κ2) is 3.96. The molecule has 1 rings (SSSR count). The molecule has 0 amide bonds. The first-order valence-corrected chi connectivity index (χ1v) is 2.03. The second-order valence-electron chi connectivity index (χ2n) is 1.23. The van der Waals surface area contributed by atoms with E-state index in [1.54, 1.807) is 18.2 Å². The molecule has 0 saturated carbocycles. The van der Waals surface area contributed by atoms with E-state index in [0.29, 0.717) is 0 Å². The van der Waals surface area contributed by atoms with Crippen LogP contribution in [0.15, 0.2) is 24.3 Å². The van der Waals surface area contributed by atoms with E-state index in [9.17, 15) is 5.11 Å². The van der Waals surface area contributed by atoms with E-state index in [2.05, 4.69) is 6.07 Å². The Balaban J connectivity index is 0.000000490. The van der Waals surface area contributed by atoms with E-state index >= 15 is 0 Å². The van der Waals surface area contributed by atoms with Crippen molar-refractivity contribution in [2.45, 2.75) is 0 Å². The Bertz CT molecular complexity index is 138. The Morgan fingerprint density at radius 2 is 2.12 bits per heavy atom. The van der Waals surface area contributed by atoms with Crippen molar-refractivity contribution in [3.63, 3.8) is 0 Å². The second-order valence-corrected chi connectivity index (χ2v) is 1.23. The summed E-state index contributed by atoms with van der Waals surface area (Å²) in [6.45, 7) is 0. The summed E-state index contributed by atoms with van der Waals surface area (Å²) in [7, 11) is 0. The van der Waals surface area contributed by atoms with Gasteiger partial charge < -0.3 is 5.11 Å². The van der Waals surface area contributed by atoms with E-state index < -0.39 is 0 Å². The molecule has 0 atom stereocenters. The Kier molecular flexibility index (Phi) is 3.97. The summed E-state index contributed by atoms with van der Waals surface area (Å²) in [6, 6.07) is 9.01. The zero-order valence-corrected chi connectivity index (χ0v) is 6.72. The summed E-state index contributed by atoms with van der Waals surface area (Å²) in [5, 5.41) is 10.2. The first-order chi connectivity index (χ1) is 3.39.